The summed E-state index contributed by atoms with van der Waals surface area (Å²) in [6.45, 7) is 4.24. The number of rotatable bonds is 9. The van der Waals surface area contributed by atoms with Crippen molar-refractivity contribution in [2.45, 2.75) is 26.2 Å². The highest BCUT2D eigenvalue weighted by atomic mass is 32.2. The molecule has 3 nitrogen and oxygen atoms in total. The van der Waals surface area contributed by atoms with Gasteiger partial charge in [0.05, 0.1) is 0 Å². The van der Waals surface area contributed by atoms with Gasteiger partial charge in [-0.3, -0.25) is 4.99 Å². The molecule has 0 fully saturated rings. The number of nitrogens with one attached hydrogen (secondary N) is 2. The molecule has 1 heterocycles. The van der Waals surface area contributed by atoms with Crippen molar-refractivity contribution in [2.75, 3.05) is 32.1 Å². The Morgan fingerprint density at radius 2 is 2.25 bits per heavy atom. The smallest absolute Gasteiger partial charge is 0.190 e. The lowest BCUT2D eigenvalue weighted by atomic mass is 10.1. The molecular weight excluding hydrogens is 286 g/mol. The number of hydrogen-bond acceptors (Lipinski definition) is 3. The van der Waals surface area contributed by atoms with Crippen LogP contribution in [0.25, 0.3) is 0 Å². The quantitative estimate of drug-likeness (QED) is 0.417. The van der Waals surface area contributed by atoms with Gasteiger partial charge in [0, 0.05) is 25.0 Å². The van der Waals surface area contributed by atoms with E-state index in [2.05, 4.69) is 46.3 Å². The second kappa shape index (κ2) is 11.0. The van der Waals surface area contributed by atoms with Crippen LogP contribution in [0.3, 0.4) is 0 Å². The summed E-state index contributed by atoms with van der Waals surface area (Å²) in [6.07, 6.45) is 5.75. The zero-order valence-electron chi connectivity index (χ0n) is 12.8. The Hall–Kier alpha value is -0.680. The molecule has 5 heteroatoms. The molecule has 0 bridgehead atoms. The predicted molar refractivity (Wildman–Crippen MR) is 94.2 cm³/mol. The van der Waals surface area contributed by atoms with Gasteiger partial charge in [-0.1, -0.05) is 13.0 Å². The minimum atomic E-state index is 0.615. The van der Waals surface area contributed by atoms with Gasteiger partial charge in [-0.05, 0) is 48.6 Å². The molecular formula is C15H27N3S2. The van der Waals surface area contributed by atoms with Gasteiger partial charge in [0.15, 0.2) is 5.96 Å². The van der Waals surface area contributed by atoms with Gasteiger partial charge in [0.2, 0.25) is 0 Å². The topological polar surface area (TPSA) is 36.4 Å². The Labute approximate surface area is 131 Å². The molecule has 0 aliphatic rings. The Morgan fingerprint density at radius 1 is 1.40 bits per heavy atom. The van der Waals surface area contributed by atoms with Gasteiger partial charge < -0.3 is 10.6 Å². The van der Waals surface area contributed by atoms with Crippen LogP contribution >= 0.6 is 23.1 Å². The van der Waals surface area contributed by atoms with Crippen LogP contribution in [0, 0.1) is 5.92 Å². The number of aliphatic imine (C=N–C) groups is 1. The first-order valence-corrected chi connectivity index (χ1v) is 9.49. The zero-order valence-corrected chi connectivity index (χ0v) is 14.4. The Balaban J connectivity index is 2.14. The van der Waals surface area contributed by atoms with Crippen LogP contribution in [0.2, 0.25) is 0 Å². The average molecular weight is 314 g/mol. The van der Waals surface area contributed by atoms with Gasteiger partial charge >= 0.3 is 0 Å². The summed E-state index contributed by atoms with van der Waals surface area (Å²) in [7, 11) is 1.83. The molecule has 20 heavy (non-hydrogen) atoms. The summed E-state index contributed by atoms with van der Waals surface area (Å²) < 4.78 is 0. The van der Waals surface area contributed by atoms with E-state index in [4.69, 9.17) is 0 Å². The molecule has 1 aromatic rings. The Morgan fingerprint density at radius 3 is 2.90 bits per heavy atom. The molecule has 114 valence electrons. The lowest BCUT2D eigenvalue weighted by Crippen LogP contribution is -2.40. The van der Waals surface area contributed by atoms with Crippen LogP contribution in [0.4, 0.5) is 0 Å². The normalized spacial score (nSPS) is 13.2. The van der Waals surface area contributed by atoms with E-state index in [1.807, 2.05) is 30.1 Å². The Kier molecular flexibility index (Phi) is 9.58. The lowest BCUT2D eigenvalue weighted by molar-refractivity contribution is 0.561. The molecule has 0 saturated carbocycles. The van der Waals surface area contributed by atoms with Crippen molar-refractivity contribution in [3.63, 3.8) is 0 Å². The van der Waals surface area contributed by atoms with Gasteiger partial charge in [0.1, 0.15) is 0 Å². The highest BCUT2D eigenvalue weighted by Gasteiger charge is 2.05. The van der Waals surface area contributed by atoms with E-state index >= 15 is 0 Å². The predicted octanol–water partition coefficient (Wildman–Crippen LogP) is 3.23. The van der Waals surface area contributed by atoms with Crippen molar-refractivity contribution in [2.24, 2.45) is 10.9 Å². The number of guanidine groups is 1. The summed E-state index contributed by atoms with van der Waals surface area (Å²) in [4.78, 5) is 5.72. The van der Waals surface area contributed by atoms with E-state index in [9.17, 15) is 0 Å². The standard InChI is InChI=1S/C15H27N3S2/c1-13(11-14-7-6-10-20-14)12-18-15(16-2)17-8-4-5-9-19-3/h6-7,10,13H,4-5,8-9,11-12H2,1-3H3,(H2,16,17,18). The monoisotopic (exact) mass is 313 g/mol. The zero-order chi connectivity index (χ0) is 14.6. The number of unbranched alkanes of at least 4 members (excludes halogenated alkanes) is 1. The average Bonchev–Trinajstić information content (AvgIpc) is 2.94. The highest BCUT2D eigenvalue weighted by Crippen LogP contribution is 2.13. The van der Waals surface area contributed by atoms with E-state index in [1.54, 1.807) is 0 Å². The van der Waals surface area contributed by atoms with E-state index in [1.165, 1.54) is 23.5 Å². The van der Waals surface area contributed by atoms with Gasteiger partial charge in [-0.25, -0.2) is 0 Å². The van der Waals surface area contributed by atoms with E-state index in [0.29, 0.717) is 5.92 Å². The van der Waals surface area contributed by atoms with Crippen LogP contribution in [0.15, 0.2) is 22.5 Å². The van der Waals surface area contributed by atoms with E-state index in [0.717, 1.165) is 25.5 Å². The minimum Gasteiger partial charge on any atom is -0.356 e. The number of hydrogen-bond donors (Lipinski definition) is 2. The molecule has 0 spiro atoms. The van der Waals surface area contributed by atoms with Crippen molar-refractivity contribution in [1.82, 2.24) is 10.6 Å². The fourth-order valence-electron chi connectivity index (χ4n) is 1.91. The second-order valence-electron chi connectivity index (χ2n) is 4.97. The minimum absolute atomic E-state index is 0.615. The maximum Gasteiger partial charge on any atom is 0.190 e. The third-order valence-electron chi connectivity index (χ3n) is 3.04. The SMILES string of the molecule is CN=C(NCCCCSC)NCC(C)Cc1cccs1. The Bertz CT molecular complexity index is 363. The summed E-state index contributed by atoms with van der Waals surface area (Å²) in [5.41, 5.74) is 0. The van der Waals surface area contributed by atoms with Crippen LogP contribution in [0.1, 0.15) is 24.6 Å². The van der Waals surface area contributed by atoms with Crippen molar-refractivity contribution < 1.29 is 0 Å². The summed E-state index contributed by atoms with van der Waals surface area (Å²) in [5.74, 6) is 2.78. The van der Waals surface area contributed by atoms with E-state index in [-0.39, 0.29) is 0 Å². The van der Waals surface area contributed by atoms with Gasteiger partial charge in [-0.15, -0.1) is 11.3 Å². The highest BCUT2D eigenvalue weighted by molar-refractivity contribution is 7.98. The first-order chi connectivity index (χ1) is 9.76. The molecule has 0 aromatic carbocycles. The van der Waals surface area contributed by atoms with Gasteiger partial charge in [0.25, 0.3) is 0 Å². The second-order valence-corrected chi connectivity index (χ2v) is 6.99. The molecule has 1 unspecified atom stereocenters. The van der Waals surface area contributed by atoms with Crippen LogP contribution < -0.4 is 10.6 Å². The largest absolute Gasteiger partial charge is 0.356 e. The third-order valence-corrected chi connectivity index (χ3v) is 4.63. The maximum absolute atomic E-state index is 4.27. The first-order valence-electron chi connectivity index (χ1n) is 7.22. The summed E-state index contributed by atoms with van der Waals surface area (Å²) in [6, 6.07) is 4.33. The molecule has 2 N–H and O–H groups in total. The molecule has 1 aromatic heterocycles. The fraction of sp³-hybridized carbons (Fsp3) is 0.667. The lowest BCUT2D eigenvalue weighted by Gasteiger charge is -2.15. The maximum atomic E-state index is 4.27. The van der Waals surface area contributed by atoms with Crippen LogP contribution in [0.5, 0.6) is 0 Å². The molecule has 0 radical (unpaired) electrons. The molecule has 0 aliphatic carbocycles. The van der Waals surface area contributed by atoms with Crippen LogP contribution in [-0.2, 0) is 6.42 Å². The first kappa shape index (κ1) is 17.4. The summed E-state index contributed by atoms with van der Waals surface area (Å²) in [5, 5.41) is 8.93. The molecule has 1 atom stereocenters. The molecule has 0 amide bonds. The van der Waals surface area contributed by atoms with Crippen LogP contribution in [-0.4, -0.2) is 38.1 Å². The van der Waals surface area contributed by atoms with Gasteiger partial charge in [-0.2, -0.15) is 11.8 Å². The van der Waals surface area contributed by atoms with Crippen molar-refractivity contribution in [1.29, 1.82) is 0 Å². The molecule has 0 saturated heterocycles. The molecule has 0 aliphatic heterocycles. The molecule has 1 rings (SSSR count). The van der Waals surface area contributed by atoms with Crippen molar-refractivity contribution >= 4 is 29.1 Å². The third kappa shape index (κ3) is 7.80. The van der Waals surface area contributed by atoms with Crippen molar-refractivity contribution in [3.8, 4) is 0 Å². The fourth-order valence-corrected chi connectivity index (χ4v) is 3.28. The van der Waals surface area contributed by atoms with E-state index < -0.39 is 0 Å². The number of thioether (sulfide) groups is 1. The number of nitrogens with zero attached hydrogens (tertiary/aromatic N) is 1. The van der Waals surface area contributed by atoms with Crippen molar-refractivity contribution in [3.05, 3.63) is 22.4 Å². The number of thiophene rings is 1. The summed E-state index contributed by atoms with van der Waals surface area (Å²) >= 11 is 3.75.